The van der Waals surface area contributed by atoms with E-state index in [2.05, 4.69) is 26.4 Å². The minimum absolute atomic E-state index is 0.140. The fourth-order valence-corrected chi connectivity index (χ4v) is 6.05. The summed E-state index contributed by atoms with van der Waals surface area (Å²) in [6, 6.07) is 19.9. The minimum atomic E-state index is -3.81. The number of sulfonamides is 1. The number of para-hydroxylation sites is 1. The molecule has 1 atom stereocenters. The molecular formula is C28H28F2N4O2S. The Labute approximate surface area is 215 Å². The molecule has 1 aliphatic heterocycles. The zero-order valence-corrected chi connectivity index (χ0v) is 21.3. The Morgan fingerprint density at radius 1 is 0.919 bits per heavy atom. The van der Waals surface area contributed by atoms with E-state index in [0.29, 0.717) is 23.3 Å². The Bertz CT molecular complexity index is 1480. The normalized spacial score (nSPS) is 16.1. The molecule has 0 saturated carbocycles. The second-order valence-electron chi connectivity index (χ2n) is 9.32. The van der Waals surface area contributed by atoms with Crippen LogP contribution in [0.4, 0.5) is 14.5 Å². The van der Waals surface area contributed by atoms with Crippen molar-refractivity contribution < 1.29 is 17.2 Å². The van der Waals surface area contributed by atoms with Crippen LogP contribution in [0.25, 0.3) is 10.9 Å². The number of halogens is 2. The fourth-order valence-electron chi connectivity index (χ4n) is 4.81. The van der Waals surface area contributed by atoms with Gasteiger partial charge in [-0.2, -0.15) is 0 Å². The van der Waals surface area contributed by atoms with E-state index in [1.165, 1.54) is 12.1 Å². The predicted octanol–water partition coefficient (Wildman–Crippen LogP) is 5.19. The molecular weight excluding hydrogens is 494 g/mol. The lowest BCUT2D eigenvalue weighted by atomic mass is 10.1. The molecule has 9 heteroatoms. The number of nitrogens with one attached hydrogen (secondary N) is 1. The van der Waals surface area contributed by atoms with Gasteiger partial charge in [0.25, 0.3) is 10.0 Å². The summed E-state index contributed by atoms with van der Waals surface area (Å²) in [4.78, 5) is 8.94. The lowest BCUT2D eigenvalue weighted by Gasteiger charge is -2.38. The zero-order chi connectivity index (χ0) is 26.0. The number of hydrogen-bond donors (Lipinski definition) is 1. The molecule has 2 heterocycles. The van der Waals surface area contributed by atoms with Crippen LogP contribution in [0.1, 0.15) is 24.1 Å². The number of pyridine rings is 1. The molecule has 0 spiro atoms. The number of rotatable bonds is 7. The summed E-state index contributed by atoms with van der Waals surface area (Å²) in [6.45, 7) is 5.86. The standard InChI is InChI=1S/C28H28F2N4O2S/c1-20(34-14-12-33(13-15-34)19-21-16-24(29)18-25(30)17-21)22-7-9-26(10-8-22)32-37(35,36)27-6-2-4-23-5-3-11-31-28(23)27/h2-11,16-18,20,32H,12-15,19H2,1H3. The van der Waals surface area contributed by atoms with Crippen LogP contribution in [0.15, 0.2) is 83.9 Å². The van der Waals surface area contributed by atoms with Gasteiger partial charge in [-0.3, -0.25) is 19.5 Å². The monoisotopic (exact) mass is 522 g/mol. The average molecular weight is 523 g/mol. The van der Waals surface area contributed by atoms with Crippen molar-refractivity contribution in [1.29, 1.82) is 0 Å². The van der Waals surface area contributed by atoms with Gasteiger partial charge < -0.3 is 0 Å². The van der Waals surface area contributed by atoms with E-state index >= 15 is 0 Å². The van der Waals surface area contributed by atoms with Gasteiger partial charge in [0.1, 0.15) is 16.5 Å². The lowest BCUT2D eigenvalue weighted by Crippen LogP contribution is -2.46. The van der Waals surface area contributed by atoms with Crippen LogP contribution in [-0.4, -0.2) is 49.4 Å². The maximum absolute atomic E-state index is 13.5. The maximum Gasteiger partial charge on any atom is 0.264 e. The van der Waals surface area contributed by atoms with Gasteiger partial charge in [-0.15, -0.1) is 0 Å². The van der Waals surface area contributed by atoms with Gasteiger partial charge in [0.05, 0.1) is 5.52 Å². The second-order valence-corrected chi connectivity index (χ2v) is 11.0. The first-order valence-electron chi connectivity index (χ1n) is 12.2. The highest BCUT2D eigenvalue weighted by Gasteiger charge is 2.23. The summed E-state index contributed by atoms with van der Waals surface area (Å²) in [7, 11) is -3.81. The highest BCUT2D eigenvalue weighted by molar-refractivity contribution is 7.93. The Morgan fingerprint density at radius 3 is 2.30 bits per heavy atom. The molecule has 1 aromatic heterocycles. The molecule has 192 valence electrons. The largest absolute Gasteiger partial charge is 0.297 e. The number of nitrogens with zero attached hydrogens (tertiary/aromatic N) is 3. The van der Waals surface area contributed by atoms with E-state index in [1.54, 1.807) is 36.5 Å². The van der Waals surface area contributed by atoms with Crippen molar-refractivity contribution in [2.45, 2.75) is 24.4 Å². The molecule has 0 radical (unpaired) electrons. The van der Waals surface area contributed by atoms with Crippen molar-refractivity contribution in [3.63, 3.8) is 0 Å². The molecule has 1 aliphatic rings. The summed E-state index contributed by atoms with van der Waals surface area (Å²) in [6.07, 6.45) is 1.58. The van der Waals surface area contributed by atoms with Crippen molar-refractivity contribution in [2.24, 2.45) is 0 Å². The van der Waals surface area contributed by atoms with Crippen LogP contribution in [0.3, 0.4) is 0 Å². The van der Waals surface area contributed by atoms with E-state index in [9.17, 15) is 17.2 Å². The summed E-state index contributed by atoms with van der Waals surface area (Å²) < 4.78 is 55.8. The van der Waals surface area contributed by atoms with E-state index < -0.39 is 21.7 Å². The van der Waals surface area contributed by atoms with E-state index in [0.717, 1.165) is 43.2 Å². The summed E-state index contributed by atoms with van der Waals surface area (Å²) in [5.41, 5.74) is 2.63. The van der Waals surface area contributed by atoms with Gasteiger partial charge in [-0.05, 0) is 54.4 Å². The van der Waals surface area contributed by atoms with Crippen LogP contribution in [0.2, 0.25) is 0 Å². The first kappa shape index (κ1) is 25.3. The quantitative estimate of drug-likeness (QED) is 0.362. The third-order valence-corrected chi connectivity index (χ3v) is 8.23. The molecule has 1 saturated heterocycles. The minimum Gasteiger partial charge on any atom is -0.297 e. The number of hydrogen-bond acceptors (Lipinski definition) is 5. The highest BCUT2D eigenvalue weighted by atomic mass is 32.2. The zero-order valence-electron chi connectivity index (χ0n) is 20.4. The number of anilines is 1. The van der Waals surface area contributed by atoms with Gasteiger partial charge in [-0.25, -0.2) is 17.2 Å². The summed E-state index contributed by atoms with van der Waals surface area (Å²) >= 11 is 0. The molecule has 5 rings (SSSR count). The van der Waals surface area contributed by atoms with Crippen LogP contribution in [0.5, 0.6) is 0 Å². The fraction of sp³-hybridized carbons (Fsp3) is 0.250. The van der Waals surface area contributed by atoms with Crippen molar-refractivity contribution in [3.05, 3.63) is 102 Å². The first-order chi connectivity index (χ1) is 17.8. The Morgan fingerprint density at radius 2 is 1.59 bits per heavy atom. The molecule has 6 nitrogen and oxygen atoms in total. The lowest BCUT2D eigenvalue weighted by molar-refractivity contribution is 0.0977. The molecule has 0 bridgehead atoms. The Hall–Kier alpha value is -3.40. The van der Waals surface area contributed by atoms with Crippen molar-refractivity contribution in [1.82, 2.24) is 14.8 Å². The third kappa shape index (κ3) is 5.79. The predicted molar refractivity (Wildman–Crippen MR) is 141 cm³/mol. The van der Waals surface area contributed by atoms with Gasteiger partial charge >= 0.3 is 0 Å². The molecule has 3 aromatic carbocycles. The van der Waals surface area contributed by atoms with Crippen LogP contribution >= 0.6 is 0 Å². The second kappa shape index (κ2) is 10.5. The molecule has 0 amide bonds. The van der Waals surface area contributed by atoms with Crippen LogP contribution < -0.4 is 4.72 Å². The summed E-state index contributed by atoms with van der Waals surface area (Å²) in [5.74, 6) is -1.11. The van der Waals surface area contributed by atoms with Crippen molar-refractivity contribution in [2.75, 3.05) is 30.9 Å². The molecule has 1 fully saturated rings. The van der Waals surface area contributed by atoms with E-state index in [1.807, 2.05) is 24.3 Å². The van der Waals surface area contributed by atoms with E-state index in [4.69, 9.17) is 0 Å². The highest BCUT2D eigenvalue weighted by Crippen LogP contribution is 2.26. The SMILES string of the molecule is CC(c1ccc(NS(=O)(=O)c2cccc3cccnc23)cc1)N1CCN(Cc2cc(F)cc(F)c2)CC1. The number of fused-ring (bicyclic) bond motifs is 1. The Balaban J connectivity index is 1.21. The number of benzene rings is 3. The molecule has 37 heavy (non-hydrogen) atoms. The number of aromatic nitrogens is 1. The first-order valence-corrected chi connectivity index (χ1v) is 13.6. The van der Waals surface area contributed by atoms with E-state index in [-0.39, 0.29) is 10.9 Å². The molecule has 1 N–H and O–H groups in total. The molecule has 0 aliphatic carbocycles. The van der Waals surface area contributed by atoms with Gasteiger partial charge in [0, 0.05) is 62.1 Å². The smallest absolute Gasteiger partial charge is 0.264 e. The summed E-state index contributed by atoms with van der Waals surface area (Å²) in [5, 5.41) is 0.762. The topological polar surface area (TPSA) is 65.5 Å². The van der Waals surface area contributed by atoms with Crippen LogP contribution in [0, 0.1) is 11.6 Å². The van der Waals surface area contributed by atoms with Crippen molar-refractivity contribution >= 4 is 26.6 Å². The molecule has 4 aromatic rings. The average Bonchev–Trinajstić information content (AvgIpc) is 2.88. The van der Waals surface area contributed by atoms with Gasteiger partial charge in [-0.1, -0.05) is 30.3 Å². The van der Waals surface area contributed by atoms with Gasteiger partial charge in [0.2, 0.25) is 0 Å². The third-order valence-electron chi connectivity index (χ3n) is 6.81. The number of piperazine rings is 1. The van der Waals surface area contributed by atoms with Gasteiger partial charge in [0.15, 0.2) is 0 Å². The Kier molecular flexibility index (Phi) is 7.19. The maximum atomic E-state index is 13.5. The van der Waals surface area contributed by atoms with Crippen LogP contribution in [-0.2, 0) is 16.6 Å². The molecule has 1 unspecified atom stereocenters. The van der Waals surface area contributed by atoms with Crippen molar-refractivity contribution in [3.8, 4) is 0 Å².